The Balaban J connectivity index is 1.48. The van der Waals surface area contributed by atoms with Crippen LogP contribution in [0.15, 0.2) is 36.2 Å². The van der Waals surface area contributed by atoms with Crippen LogP contribution in [0, 0.1) is 35.5 Å². The molecule has 2 fully saturated rings. The number of carbonyl (C=O) groups is 1. The first-order valence-electron chi connectivity index (χ1n) is 11.0. The van der Waals surface area contributed by atoms with Gasteiger partial charge in [-0.3, -0.25) is 9.78 Å². The number of nitrogens with one attached hydrogen (secondary N) is 1. The SMILES string of the molecule is Cc1cncc(C2=CC[C@H]3[C@@H]4CCC5=CC(=O)NCC[C@]5(C)C4CC[C@]23C)c1. The number of aryl methyl sites for hydroxylation is 1. The highest BCUT2D eigenvalue weighted by atomic mass is 16.1. The van der Waals surface area contributed by atoms with Gasteiger partial charge in [0.1, 0.15) is 0 Å². The number of hydrogen-bond donors (Lipinski definition) is 1. The minimum atomic E-state index is 0.120. The summed E-state index contributed by atoms with van der Waals surface area (Å²) in [7, 11) is 0. The molecule has 3 aliphatic carbocycles. The predicted octanol–water partition coefficient (Wildman–Crippen LogP) is 5.07. The highest BCUT2D eigenvalue weighted by Crippen LogP contribution is 2.66. The van der Waals surface area contributed by atoms with Gasteiger partial charge in [0, 0.05) is 25.0 Å². The van der Waals surface area contributed by atoms with Crippen LogP contribution in [0.1, 0.15) is 63.5 Å². The summed E-state index contributed by atoms with van der Waals surface area (Å²) < 4.78 is 0. The van der Waals surface area contributed by atoms with E-state index in [9.17, 15) is 4.79 Å². The third-order valence-corrected chi connectivity index (χ3v) is 8.75. The molecule has 148 valence electrons. The summed E-state index contributed by atoms with van der Waals surface area (Å²) in [5.41, 5.74) is 5.99. The largest absolute Gasteiger partial charge is 0.353 e. The van der Waals surface area contributed by atoms with Gasteiger partial charge in [-0.25, -0.2) is 0 Å². The summed E-state index contributed by atoms with van der Waals surface area (Å²) in [5.74, 6) is 2.32. The Bertz CT molecular complexity index is 884. The molecule has 1 unspecified atom stereocenters. The first-order valence-corrected chi connectivity index (χ1v) is 11.0. The first-order chi connectivity index (χ1) is 13.4. The van der Waals surface area contributed by atoms with E-state index in [0.29, 0.717) is 5.92 Å². The first kappa shape index (κ1) is 18.1. The molecule has 1 aliphatic heterocycles. The van der Waals surface area contributed by atoms with Gasteiger partial charge in [0.15, 0.2) is 0 Å². The van der Waals surface area contributed by atoms with Crippen molar-refractivity contribution in [2.45, 2.75) is 59.3 Å². The van der Waals surface area contributed by atoms with E-state index in [1.165, 1.54) is 48.0 Å². The minimum Gasteiger partial charge on any atom is -0.353 e. The van der Waals surface area contributed by atoms with Gasteiger partial charge in [-0.05, 0) is 96.8 Å². The van der Waals surface area contributed by atoms with Gasteiger partial charge in [0.2, 0.25) is 5.91 Å². The number of allylic oxidation sites excluding steroid dienone is 3. The topological polar surface area (TPSA) is 42.0 Å². The van der Waals surface area contributed by atoms with Crippen LogP contribution < -0.4 is 5.32 Å². The standard InChI is InChI=1S/C25H32N2O/c1-16-12-17(15-26-14-16)20-6-7-21-19-5-4-18-13-23(28)27-11-10-24(18,2)22(19)8-9-25(20,21)3/h6,12-15,19,21-22H,4-5,7-11H2,1-3H3,(H,27,28)/t19-,21-,22?,24-,25+/m0/s1. The number of nitrogens with zero attached hydrogens (tertiary/aromatic N) is 1. The lowest BCUT2D eigenvalue weighted by molar-refractivity contribution is -0.116. The van der Waals surface area contributed by atoms with Crippen LogP contribution in [0.2, 0.25) is 0 Å². The molecule has 3 nitrogen and oxygen atoms in total. The quantitative estimate of drug-likeness (QED) is 0.743. The van der Waals surface area contributed by atoms with E-state index in [1.54, 1.807) is 0 Å². The van der Waals surface area contributed by atoms with Crippen LogP contribution >= 0.6 is 0 Å². The lowest BCUT2D eigenvalue weighted by Crippen LogP contribution is -2.49. The maximum atomic E-state index is 12.1. The van der Waals surface area contributed by atoms with E-state index in [0.717, 1.165) is 31.2 Å². The van der Waals surface area contributed by atoms with Crippen molar-refractivity contribution in [1.82, 2.24) is 10.3 Å². The van der Waals surface area contributed by atoms with E-state index in [4.69, 9.17) is 0 Å². The fourth-order valence-corrected chi connectivity index (χ4v) is 7.28. The van der Waals surface area contributed by atoms with Crippen molar-refractivity contribution in [2.24, 2.45) is 28.6 Å². The summed E-state index contributed by atoms with van der Waals surface area (Å²) in [6.07, 6.45) is 15.6. The Morgan fingerprint density at radius 2 is 1.96 bits per heavy atom. The zero-order chi connectivity index (χ0) is 19.5. The Hall–Kier alpha value is -1.90. The Labute approximate surface area is 168 Å². The third kappa shape index (κ3) is 2.54. The lowest BCUT2D eigenvalue weighted by atomic mass is 9.47. The summed E-state index contributed by atoms with van der Waals surface area (Å²) in [4.78, 5) is 16.6. The van der Waals surface area contributed by atoms with E-state index in [-0.39, 0.29) is 16.7 Å². The molecule has 5 atom stereocenters. The zero-order valence-electron chi connectivity index (χ0n) is 17.4. The average Bonchev–Trinajstić information content (AvgIpc) is 2.93. The van der Waals surface area contributed by atoms with E-state index < -0.39 is 0 Å². The molecule has 2 heterocycles. The Kier molecular flexibility index (Phi) is 4.08. The second-order valence-corrected chi connectivity index (χ2v) is 10.1. The van der Waals surface area contributed by atoms with E-state index in [2.05, 4.69) is 49.4 Å². The van der Waals surface area contributed by atoms with Gasteiger partial charge < -0.3 is 5.32 Å². The van der Waals surface area contributed by atoms with Crippen molar-refractivity contribution in [3.05, 3.63) is 47.3 Å². The van der Waals surface area contributed by atoms with Crippen molar-refractivity contribution in [3.8, 4) is 0 Å². The number of carbonyl (C=O) groups excluding carboxylic acids is 1. The minimum absolute atomic E-state index is 0.120. The fraction of sp³-hybridized carbons (Fsp3) is 0.600. The zero-order valence-corrected chi connectivity index (χ0v) is 17.4. The third-order valence-electron chi connectivity index (χ3n) is 8.75. The second kappa shape index (κ2) is 6.30. The van der Waals surface area contributed by atoms with Gasteiger partial charge in [-0.2, -0.15) is 0 Å². The van der Waals surface area contributed by atoms with Gasteiger partial charge >= 0.3 is 0 Å². The van der Waals surface area contributed by atoms with Crippen LogP contribution in [0.4, 0.5) is 0 Å². The maximum Gasteiger partial charge on any atom is 0.243 e. The molecule has 0 spiro atoms. The van der Waals surface area contributed by atoms with Crippen LogP contribution in [-0.2, 0) is 4.79 Å². The Morgan fingerprint density at radius 1 is 1.11 bits per heavy atom. The number of pyridine rings is 1. The number of fused-ring (bicyclic) bond motifs is 5. The van der Waals surface area contributed by atoms with Gasteiger partial charge in [0.25, 0.3) is 0 Å². The van der Waals surface area contributed by atoms with Gasteiger partial charge in [0.05, 0.1) is 0 Å². The van der Waals surface area contributed by atoms with Crippen molar-refractivity contribution < 1.29 is 4.79 Å². The molecule has 0 saturated heterocycles. The van der Waals surface area contributed by atoms with Crippen molar-refractivity contribution in [3.63, 3.8) is 0 Å². The molecule has 0 bridgehead atoms. The average molecular weight is 377 g/mol. The molecule has 1 N–H and O–H groups in total. The molecule has 3 heteroatoms. The molecule has 1 amide bonds. The number of aromatic nitrogens is 1. The maximum absolute atomic E-state index is 12.1. The fourth-order valence-electron chi connectivity index (χ4n) is 7.28. The molecular formula is C25H32N2O. The highest BCUT2D eigenvalue weighted by Gasteiger charge is 2.56. The van der Waals surface area contributed by atoms with Crippen molar-refractivity contribution >= 4 is 11.5 Å². The van der Waals surface area contributed by atoms with Gasteiger partial charge in [-0.15, -0.1) is 0 Å². The molecule has 4 aliphatic rings. The predicted molar refractivity (Wildman–Crippen MR) is 112 cm³/mol. The summed E-state index contributed by atoms with van der Waals surface area (Å²) in [5, 5.41) is 3.08. The van der Waals surface area contributed by atoms with E-state index >= 15 is 0 Å². The molecular weight excluding hydrogens is 344 g/mol. The monoisotopic (exact) mass is 376 g/mol. The smallest absolute Gasteiger partial charge is 0.243 e. The molecule has 5 rings (SSSR count). The lowest BCUT2D eigenvalue weighted by Gasteiger charge is -2.57. The number of hydrogen-bond acceptors (Lipinski definition) is 2. The summed E-state index contributed by atoms with van der Waals surface area (Å²) >= 11 is 0. The van der Waals surface area contributed by atoms with Crippen LogP contribution in [0.3, 0.4) is 0 Å². The Morgan fingerprint density at radius 3 is 2.79 bits per heavy atom. The molecule has 0 aromatic carbocycles. The number of rotatable bonds is 1. The molecule has 1 aromatic heterocycles. The van der Waals surface area contributed by atoms with E-state index in [1.807, 2.05) is 12.3 Å². The van der Waals surface area contributed by atoms with Gasteiger partial charge in [-0.1, -0.05) is 25.5 Å². The molecule has 0 radical (unpaired) electrons. The second-order valence-electron chi connectivity index (χ2n) is 10.1. The van der Waals surface area contributed by atoms with Crippen molar-refractivity contribution in [1.29, 1.82) is 0 Å². The van der Waals surface area contributed by atoms with Crippen LogP contribution in [0.5, 0.6) is 0 Å². The summed E-state index contributed by atoms with van der Waals surface area (Å²) in [6, 6.07) is 2.31. The highest BCUT2D eigenvalue weighted by molar-refractivity contribution is 5.88. The summed E-state index contributed by atoms with van der Waals surface area (Å²) in [6.45, 7) is 7.92. The number of amides is 1. The normalized spacial score (nSPS) is 39.7. The molecule has 1 aromatic rings. The van der Waals surface area contributed by atoms with Crippen LogP contribution in [-0.4, -0.2) is 17.4 Å². The van der Waals surface area contributed by atoms with Crippen LogP contribution in [0.25, 0.3) is 5.57 Å². The van der Waals surface area contributed by atoms with Crippen molar-refractivity contribution in [2.75, 3.05) is 6.54 Å². The molecule has 2 saturated carbocycles. The molecule has 28 heavy (non-hydrogen) atoms.